The first-order valence-electron chi connectivity index (χ1n) is 7.08. The molecule has 0 amide bonds. The predicted octanol–water partition coefficient (Wildman–Crippen LogP) is 5.96. The monoisotopic (exact) mass is 323 g/mol. The van der Waals surface area contributed by atoms with Gasteiger partial charge in [-0.05, 0) is 49.2 Å². The van der Waals surface area contributed by atoms with Crippen LogP contribution in [-0.4, -0.2) is 6.61 Å². The van der Waals surface area contributed by atoms with E-state index in [1.54, 1.807) is 0 Å². The fourth-order valence-electron chi connectivity index (χ4n) is 2.21. The van der Waals surface area contributed by atoms with E-state index in [-0.39, 0.29) is 6.04 Å². The van der Waals surface area contributed by atoms with E-state index in [9.17, 15) is 0 Å². The Morgan fingerprint density at radius 2 is 1.90 bits per heavy atom. The number of halogens is 2. The Balaban J connectivity index is 2.17. The average molecular weight is 324 g/mol. The van der Waals surface area contributed by atoms with Gasteiger partial charge in [-0.3, -0.25) is 0 Å². The number of benzene rings is 2. The third kappa shape index (κ3) is 4.29. The van der Waals surface area contributed by atoms with Crippen LogP contribution in [0.25, 0.3) is 0 Å². The van der Waals surface area contributed by atoms with E-state index in [0.717, 1.165) is 22.7 Å². The zero-order valence-electron chi connectivity index (χ0n) is 12.2. The van der Waals surface area contributed by atoms with E-state index in [4.69, 9.17) is 27.9 Å². The summed E-state index contributed by atoms with van der Waals surface area (Å²) in [6, 6.07) is 13.8. The maximum atomic E-state index is 6.22. The van der Waals surface area contributed by atoms with E-state index in [2.05, 4.69) is 18.3 Å². The van der Waals surface area contributed by atoms with Crippen LogP contribution in [0.3, 0.4) is 0 Å². The molecule has 4 heteroatoms. The van der Waals surface area contributed by atoms with Crippen molar-refractivity contribution in [2.24, 2.45) is 0 Å². The molecule has 0 radical (unpaired) electrons. The third-order valence-corrected chi connectivity index (χ3v) is 3.76. The Bertz CT molecular complexity index is 601. The highest BCUT2D eigenvalue weighted by molar-refractivity contribution is 6.32. The molecule has 112 valence electrons. The molecule has 2 rings (SSSR count). The molecule has 0 aliphatic heterocycles. The molecule has 0 saturated heterocycles. The van der Waals surface area contributed by atoms with Crippen LogP contribution < -0.4 is 10.1 Å². The van der Waals surface area contributed by atoms with Gasteiger partial charge in [0, 0.05) is 10.7 Å². The van der Waals surface area contributed by atoms with Gasteiger partial charge in [-0.2, -0.15) is 0 Å². The van der Waals surface area contributed by atoms with Gasteiger partial charge in [0.05, 0.1) is 17.7 Å². The first-order chi connectivity index (χ1) is 10.1. The highest BCUT2D eigenvalue weighted by Gasteiger charge is 2.11. The quantitative estimate of drug-likeness (QED) is 0.708. The summed E-state index contributed by atoms with van der Waals surface area (Å²) in [5.74, 6) is 0.709. The van der Waals surface area contributed by atoms with Crippen LogP contribution in [0.1, 0.15) is 31.9 Å². The molecule has 2 aromatic carbocycles. The lowest BCUT2D eigenvalue weighted by molar-refractivity contribution is 0.340. The van der Waals surface area contributed by atoms with Crippen LogP contribution in [0.4, 0.5) is 5.69 Å². The van der Waals surface area contributed by atoms with Gasteiger partial charge in [-0.15, -0.1) is 0 Å². The molecule has 21 heavy (non-hydrogen) atoms. The molecule has 0 aliphatic rings. The molecule has 0 aliphatic carbocycles. The van der Waals surface area contributed by atoms with Gasteiger partial charge >= 0.3 is 0 Å². The first kappa shape index (κ1) is 16.0. The minimum absolute atomic E-state index is 0.192. The Morgan fingerprint density at radius 3 is 2.52 bits per heavy atom. The fraction of sp³-hybridized carbons (Fsp3) is 0.294. The van der Waals surface area contributed by atoms with Gasteiger partial charge in [0.15, 0.2) is 0 Å². The molecule has 2 nitrogen and oxygen atoms in total. The summed E-state index contributed by atoms with van der Waals surface area (Å²) in [7, 11) is 0. The number of ether oxygens (including phenoxy) is 1. The molecule has 0 aromatic heterocycles. The number of rotatable bonds is 6. The van der Waals surface area contributed by atoms with Crippen molar-refractivity contribution in [1.29, 1.82) is 0 Å². The summed E-state index contributed by atoms with van der Waals surface area (Å²) >= 11 is 12.3. The lowest BCUT2D eigenvalue weighted by atomic mass is 10.0. The predicted molar refractivity (Wildman–Crippen MR) is 90.7 cm³/mol. The lowest BCUT2D eigenvalue weighted by Gasteiger charge is -2.19. The second kappa shape index (κ2) is 7.58. The molecule has 0 bridgehead atoms. The normalized spacial score (nSPS) is 12.0. The molecule has 1 N–H and O–H groups in total. The van der Waals surface area contributed by atoms with Gasteiger partial charge < -0.3 is 10.1 Å². The van der Waals surface area contributed by atoms with Crippen molar-refractivity contribution in [2.45, 2.75) is 26.3 Å². The van der Waals surface area contributed by atoms with E-state index in [1.165, 1.54) is 0 Å². The number of nitrogens with one attached hydrogen (secondary N) is 1. The average Bonchev–Trinajstić information content (AvgIpc) is 2.47. The minimum atomic E-state index is 0.192. The maximum Gasteiger partial charge on any atom is 0.138 e. The van der Waals surface area contributed by atoms with E-state index < -0.39 is 0 Å². The molecule has 0 spiro atoms. The second-order valence-corrected chi connectivity index (χ2v) is 5.58. The topological polar surface area (TPSA) is 21.3 Å². The summed E-state index contributed by atoms with van der Waals surface area (Å²) in [5, 5.41) is 4.85. The molecule has 0 saturated carbocycles. The van der Waals surface area contributed by atoms with E-state index >= 15 is 0 Å². The van der Waals surface area contributed by atoms with Gasteiger partial charge in [-0.1, -0.05) is 42.3 Å². The molecule has 1 unspecified atom stereocenters. The fourth-order valence-corrected chi connectivity index (χ4v) is 2.64. The van der Waals surface area contributed by atoms with Crippen LogP contribution in [-0.2, 0) is 0 Å². The summed E-state index contributed by atoms with van der Waals surface area (Å²) in [6.07, 6.45) is 0.950. The standard InChI is InChI=1S/C17H19Cl2NO/c1-3-16(12-6-5-7-13(18)10-12)20-14-8-9-17(21-4-2)15(19)11-14/h5-11,16,20H,3-4H2,1-2H3. The van der Waals surface area contributed by atoms with Gasteiger partial charge in [0.2, 0.25) is 0 Å². The molecule has 2 aromatic rings. The Hall–Kier alpha value is -1.38. The molecular weight excluding hydrogens is 305 g/mol. The SMILES string of the molecule is CCOc1ccc(NC(CC)c2cccc(Cl)c2)cc1Cl. The number of anilines is 1. The third-order valence-electron chi connectivity index (χ3n) is 3.23. The summed E-state index contributed by atoms with van der Waals surface area (Å²) < 4.78 is 5.45. The lowest BCUT2D eigenvalue weighted by Crippen LogP contribution is -2.09. The maximum absolute atomic E-state index is 6.22. The van der Waals surface area contributed by atoms with Crippen molar-refractivity contribution in [3.05, 3.63) is 58.1 Å². The Kier molecular flexibility index (Phi) is 5.77. The zero-order chi connectivity index (χ0) is 15.2. The first-order valence-corrected chi connectivity index (χ1v) is 7.84. The van der Waals surface area contributed by atoms with Gasteiger partial charge in [0.1, 0.15) is 5.75 Å². The van der Waals surface area contributed by atoms with Crippen molar-refractivity contribution in [2.75, 3.05) is 11.9 Å². The van der Waals surface area contributed by atoms with Crippen molar-refractivity contribution in [3.63, 3.8) is 0 Å². The van der Waals surface area contributed by atoms with Crippen LogP contribution in [0.2, 0.25) is 10.0 Å². The molecule has 1 atom stereocenters. The highest BCUT2D eigenvalue weighted by Crippen LogP contribution is 2.30. The Labute approximate surface area is 136 Å². The summed E-state index contributed by atoms with van der Waals surface area (Å²) in [5.41, 5.74) is 2.13. The van der Waals surface area contributed by atoms with Gasteiger partial charge in [-0.25, -0.2) is 0 Å². The summed E-state index contributed by atoms with van der Waals surface area (Å²) in [6.45, 7) is 4.68. The van der Waals surface area contributed by atoms with Crippen LogP contribution >= 0.6 is 23.2 Å². The van der Waals surface area contributed by atoms with Crippen LogP contribution in [0.5, 0.6) is 5.75 Å². The van der Waals surface area contributed by atoms with Gasteiger partial charge in [0.25, 0.3) is 0 Å². The van der Waals surface area contributed by atoms with E-state index in [1.807, 2.05) is 43.3 Å². The molecule has 0 fully saturated rings. The van der Waals surface area contributed by atoms with Crippen LogP contribution in [0, 0.1) is 0 Å². The molecule has 0 heterocycles. The van der Waals surface area contributed by atoms with Crippen molar-refractivity contribution >= 4 is 28.9 Å². The van der Waals surface area contributed by atoms with Crippen molar-refractivity contribution in [3.8, 4) is 5.75 Å². The van der Waals surface area contributed by atoms with Crippen LogP contribution in [0.15, 0.2) is 42.5 Å². The summed E-state index contributed by atoms with van der Waals surface area (Å²) in [4.78, 5) is 0. The van der Waals surface area contributed by atoms with Crippen molar-refractivity contribution < 1.29 is 4.74 Å². The Morgan fingerprint density at radius 1 is 1.10 bits per heavy atom. The number of hydrogen-bond donors (Lipinski definition) is 1. The zero-order valence-corrected chi connectivity index (χ0v) is 13.7. The smallest absolute Gasteiger partial charge is 0.138 e. The largest absolute Gasteiger partial charge is 0.492 e. The second-order valence-electron chi connectivity index (χ2n) is 4.74. The van der Waals surface area contributed by atoms with Crippen molar-refractivity contribution in [1.82, 2.24) is 0 Å². The minimum Gasteiger partial charge on any atom is -0.492 e. The highest BCUT2D eigenvalue weighted by atomic mass is 35.5. The van der Waals surface area contributed by atoms with E-state index in [0.29, 0.717) is 17.4 Å². The molecular formula is C17H19Cl2NO. The number of hydrogen-bond acceptors (Lipinski definition) is 2.